The van der Waals surface area contributed by atoms with Crippen molar-refractivity contribution in [2.75, 3.05) is 19.8 Å². The second-order valence-electron chi connectivity index (χ2n) is 31.4. The fraction of sp³-hybridized carbons (Fsp3) is 0.906. The molecule has 9 rings (SSSR count). The van der Waals surface area contributed by atoms with E-state index in [2.05, 4.69) is 9.47 Å². The molecule has 0 aromatic heterocycles. The first kappa shape index (κ1) is 80.5. The number of ether oxygens (including phenoxy) is 9. The second kappa shape index (κ2) is 25.8. The maximum absolute atomic E-state index is 14.0. The van der Waals surface area contributed by atoms with Crippen molar-refractivity contribution in [1.29, 1.82) is 0 Å². The highest BCUT2D eigenvalue weighted by Gasteiger charge is 2.83. The van der Waals surface area contributed by atoms with Crippen LogP contribution in [0, 0.1) is 50.2 Å². The molecular weight excluding hydrogens is 1280 g/mol. The normalized spacial score (nSPS) is 33.0. The molecule has 4 aliphatic carbocycles. The van der Waals surface area contributed by atoms with Gasteiger partial charge < -0.3 is 63.1 Å². The van der Waals surface area contributed by atoms with E-state index in [4.69, 9.17) is 33.2 Å². The van der Waals surface area contributed by atoms with E-state index in [1.165, 1.54) is 27.7 Å². The number of halogens is 11. The third-order valence-corrected chi connectivity index (χ3v) is 21.7. The fourth-order valence-corrected chi connectivity index (χ4v) is 13.4. The third kappa shape index (κ3) is 14.9. The van der Waals surface area contributed by atoms with E-state index in [-0.39, 0.29) is 54.3 Å². The van der Waals surface area contributed by atoms with Crippen LogP contribution in [0.5, 0.6) is 0 Å². The molecular formula is C64H97F11O19. The van der Waals surface area contributed by atoms with E-state index < -0.39 is 153 Å². The lowest BCUT2D eigenvalue weighted by Crippen LogP contribution is -2.70. The lowest BCUT2D eigenvalue weighted by molar-refractivity contribution is -0.409. The van der Waals surface area contributed by atoms with Gasteiger partial charge in [0.15, 0.2) is 12.2 Å². The van der Waals surface area contributed by atoms with Crippen LogP contribution in [0.1, 0.15) is 202 Å². The molecule has 0 aromatic rings. The Morgan fingerprint density at radius 1 is 0.596 bits per heavy atom. The molecule has 11 unspecified atom stereocenters. The number of esters is 6. The summed E-state index contributed by atoms with van der Waals surface area (Å²) in [5.74, 6) is -14.5. The Kier molecular flexibility index (Phi) is 22.1. The molecule has 0 aromatic carbocycles. The third-order valence-electron chi connectivity index (χ3n) is 21.7. The summed E-state index contributed by atoms with van der Waals surface area (Å²) in [6.45, 7) is 28.2. The topological polar surface area (TPSA) is 266 Å². The largest absolute Gasteiger partial charge is 0.462 e. The van der Waals surface area contributed by atoms with Crippen LogP contribution < -0.4 is 0 Å². The Morgan fingerprint density at radius 2 is 1.03 bits per heavy atom. The standard InChI is InChI=1S/C22H38O4.C20H26F6O7.C12H17F5O4.C10H16O4/c1-8-17(2,3)16(23)26-22-11-15-9-20(13-22,18(4,5)24)12-21(10-15,14-22)19(6,7)25;1-6-16(2,3)15(28)33-13-11-9(8-10(31-11)12(13)32-14(8)27)17(4,5)30-7-18(29,19(21,22)23)20(24,25)26;1-5-8(2,3)7(18)21-9(4)6-20-11(19,10(9,13)14)12(15,16)17;1-4-10(2,3)9(12)14-7-5-8(11)13-6-7/h15,24-25H,8-14H2,1-7H3;8-13,29H,6-7H2,1-5H3;19H,5-6H2,1-4H3;7H,4-6H2,1-3H3. The minimum atomic E-state index is -6.06. The predicted octanol–water partition coefficient (Wildman–Crippen LogP) is 11.1. The number of rotatable bonds is 18. The number of alkyl halides is 11. The van der Waals surface area contributed by atoms with Crippen molar-refractivity contribution < 1.29 is 140 Å². The summed E-state index contributed by atoms with van der Waals surface area (Å²) in [5.41, 5.74) is -15.8. The van der Waals surface area contributed by atoms with E-state index in [1.807, 2.05) is 69.2 Å². The van der Waals surface area contributed by atoms with Crippen LogP contribution in [0.25, 0.3) is 0 Å². The number of cyclic esters (lactones) is 1. The second-order valence-corrected chi connectivity index (χ2v) is 31.4. The van der Waals surface area contributed by atoms with Crippen molar-refractivity contribution in [3.8, 4) is 0 Å². The lowest BCUT2D eigenvalue weighted by Gasteiger charge is -2.70. The molecule has 4 saturated carbocycles. The van der Waals surface area contributed by atoms with Crippen molar-refractivity contribution in [3.05, 3.63) is 0 Å². The number of hydrogen-bond acceptors (Lipinski definition) is 19. The first-order valence-corrected chi connectivity index (χ1v) is 31.6. The maximum atomic E-state index is 14.0. The van der Waals surface area contributed by atoms with Gasteiger partial charge in [-0.15, -0.1) is 0 Å². The number of carbonyl (C=O) groups excluding carboxylic acids is 6. The smallest absolute Gasteiger partial charge is 0.449 e. The Labute approximate surface area is 541 Å². The number of carbonyl (C=O) groups is 6. The lowest BCUT2D eigenvalue weighted by atomic mass is 9.37. The Hall–Kier alpha value is -4.23. The molecule has 19 nitrogen and oxygen atoms in total. The number of hydrogen-bond donors (Lipinski definition) is 4. The van der Waals surface area contributed by atoms with Crippen LogP contribution in [-0.4, -0.2) is 170 Å². The molecule has 4 N–H and O–H groups in total. The van der Waals surface area contributed by atoms with Crippen LogP contribution in [0.4, 0.5) is 48.3 Å². The van der Waals surface area contributed by atoms with Gasteiger partial charge in [0.05, 0.1) is 64.0 Å². The molecule has 94 heavy (non-hydrogen) atoms. The SMILES string of the molecule is CCC(C)(C)C(=O)OC1(C)COC(O)(C(F)(F)F)C1(F)F.CCC(C)(C)C(=O)OC12CC3CC(C(C)(C)O)(C1)CC(C(C)(C)O)(C3)C2.CCC(C)(C)C(=O)OC1C2OC(=O)C3C2OC1C3C(C)(C)OCC(O)(C(F)(F)F)C(F)(F)F.CCC(C)(C)C(=O)OC1COC(=O)C1. The molecule has 9 aliphatic rings. The first-order chi connectivity index (χ1) is 42.0. The Bertz CT molecular complexity index is 2750. The predicted molar refractivity (Wildman–Crippen MR) is 308 cm³/mol. The van der Waals surface area contributed by atoms with E-state index in [0.29, 0.717) is 38.5 Å². The van der Waals surface area contributed by atoms with Gasteiger partial charge in [0, 0.05) is 16.7 Å². The zero-order valence-electron chi connectivity index (χ0n) is 57.1. The summed E-state index contributed by atoms with van der Waals surface area (Å²) in [6.07, 6.45) is -14.9. The van der Waals surface area contributed by atoms with Gasteiger partial charge >= 0.3 is 66.1 Å². The molecule has 6 bridgehead atoms. The highest BCUT2D eigenvalue weighted by Crippen LogP contribution is 2.73. The summed E-state index contributed by atoms with van der Waals surface area (Å²) in [4.78, 5) is 72.1. The molecule has 30 heteroatoms. The van der Waals surface area contributed by atoms with Crippen molar-refractivity contribution in [1.82, 2.24) is 0 Å². The summed E-state index contributed by atoms with van der Waals surface area (Å²) >= 11 is 0. The minimum absolute atomic E-state index is 0.140. The molecule has 0 spiro atoms. The van der Waals surface area contributed by atoms with Gasteiger partial charge in [-0.2, -0.15) is 48.3 Å². The quantitative estimate of drug-likeness (QED) is 0.0564. The van der Waals surface area contributed by atoms with Gasteiger partial charge in [-0.25, -0.2) is 0 Å². The summed E-state index contributed by atoms with van der Waals surface area (Å²) < 4.78 is 190. The van der Waals surface area contributed by atoms with Crippen molar-refractivity contribution >= 4 is 35.8 Å². The van der Waals surface area contributed by atoms with Gasteiger partial charge in [0.1, 0.15) is 30.5 Å². The molecule has 544 valence electrons. The van der Waals surface area contributed by atoms with E-state index in [9.17, 15) is 97.5 Å². The Balaban J connectivity index is 0.000000237. The summed E-state index contributed by atoms with van der Waals surface area (Å²) in [6, 6.07) is 0. The van der Waals surface area contributed by atoms with Crippen LogP contribution in [-0.2, 0) is 71.4 Å². The van der Waals surface area contributed by atoms with Crippen molar-refractivity contribution in [2.45, 2.75) is 297 Å². The minimum Gasteiger partial charge on any atom is -0.462 e. The monoisotopic (exact) mass is 1380 g/mol. The number of fused-ring (bicyclic) bond motifs is 1. The highest BCUT2D eigenvalue weighted by molar-refractivity contribution is 5.80. The van der Waals surface area contributed by atoms with Crippen LogP contribution in [0.15, 0.2) is 0 Å². The number of aliphatic hydroxyl groups is 4. The first-order valence-electron chi connectivity index (χ1n) is 31.6. The zero-order valence-corrected chi connectivity index (χ0v) is 57.1. The molecule has 5 aliphatic heterocycles. The van der Waals surface area contributed by atoms with Gasteiger partial charge in [-0.1, -0.05) is 27.7 Å². The molecule has 5 saturated heterocycles. The average Bonchev–Trinajstić information content (AvgIpc) is 1.04. The van der Waals surface area contributed by atoms with E-state index in [0.717, 1.165) is 32.1 Å². The maximum Gasteiger partial charge on any atom is 0.449 e. The molecule has 0 radical (unpaired) electrons. The van der Waals surface area contributed by atoms with E-state index in [1.54, 1.807) is 27.7 Å². The van der Waals surface area contributed by atoms with Crippen LogP contribution >= 0.6 is 0 Å². The van der Waals surface area contributed by atoms with Crippen molar-refractivity contribution in [2.24, 2.45) is 50.2 Å². The van der Waals surface area contributed by atoms with Crippen LogP contribution in [0.3, 0.4) is 0 Å². The van der Waals surface area contributed by atoms with Gasteiger partial charge in [0.2, 0.25) is 5.60 Å². The van der Waals surface area contributed by atoms with Crippen LogP contribution in [0.2, 0.25) is 0 Å². The molecule has 9 fully saturated rings. The Morgan fingerprint density at radius 3 is 1.43 bits per heavy atom. The van der Waals surface area contributed by atoms with Gasteiger partial charge in [-0.05, 0) is 174 Å². The fourth-order valence-electron chi connectivity index (χ4n) is 13.4. The summed E-state index contributed by atoms with van der Waals surface area (Å²) in [7, 11) is 0. The highest BCUT2D eigenvalue weighted by atomic mass is 19.4. The van der Waals surface area contributed by atoms with Gasteiger partial charge in [-0.3, -0.25) is 28.8 Å². The van der Waals surface area contributed by atoms with Crippen molar-refractivity contribution in [3.63, 3.8) is 0 Å². The van der Waals surface area contributed by atoms with E-state index >= 15 is 0 Å². The summed E-state index contributed by atoms with van der Waals surface area (Å²) in [5, 5.41) is 40.8. The zero-order chi connectivity index (χ0) is 72.8. The molecule has 5 heterocycles. The average molecular weight is 1380 g/mol. The molecule has 0 amide bonds. The van der Waals surface area contributed by atoms with Gasteiger partial charge in [0.25, 0.3) is 5.60 Å². The molecule has 11 atom stereocenters.